The zero-order valence-corrected chi connectivity index (χ0v) is 13.7. The van der Waals surface area contributed by atoms with Crippen LogP contribution >= 0.6 is 0 Å². The molecule has 0 bridgehead atoms. The molecule has 0 saturated carbocycles. The Hall–Kier alpha value is -3.14. The van der Waals surface area contributed by atoms with E-state index in [9.17, 15) is 4.79 Å². The molecule has 4 nitrogen and oxygen atoms in total. The van der Waals surface area contributed by atoms with Crippen LogP contribution < -0.4 is 5.43 Å². The molecule has 1 amide bonds. The van der Waals surface area contributed by atoms with Gasteiger partial charge in [-0.2, -0.15) is 5.10 Å². The molecule has 1 heterocycles. The SMILES string of the molecule is C/C(=N\NC(=O)c1ccc(-n2cccc2)cc1)c1ccc(C)cc1. The van der Waals surface area contributed by atoms with E-state index in [2.05, 4.69) is 10.5 Å². The van der Waals surface area contributed by atoms with E-state index < -0.39 is 0 Å². The second-order valence-corrected chi connectivity index (χ2v) is 5.64. The third-order valence-electron chi connectivity index (χ3n) is 3.83. The fraction of sp³-hybridized carbons (Fsp3) is 0.100. The maximum absolute atomic E-state index is 12.2. The minimum atomic E-state index is -0.222. The highest BCUT2D eigenvalue weighted by molar-refractivity contribution is 6.00. The second kappa shape index (κ2) is 6.96. The number of hydrogen-bond acceptors (Lipinski definition) is 2. The van der Waals surface area contributed by atoms with Gasteiger partial charge in [0.15, 0.2) is 0 Å². The molecular formula is C20H19N3O. The smallest absolute Gasteiger partial charge is 0.271 e. The molecule has 0 radical (unpaired) electrons. The van der Waals surface area contributed by atoms with Crippen molar-refractivity contribution in [2.45, 2.75) is 13.8 Å². The van der Waals surface area contributed by atoms with Crippen LogP contribution in [0.3, 0.4) is 0 Å². The lowest BCUT2D eigenvalue weighted by Gasteiger charge is -2.06. The summed E-state index contributed by atoms with van der Waals surface area (Å²) in [4.78, 5) is 12.2. The number of carbonyl (C=O) groups excluding carboxylic acids is 1. The molecule has 4 heteroatoms. The largest absolute Gasteiger partial charge is 0.324 e. The Morgan fingerprint density at radius 1 is 0.917 bits per heavy atom. The van der Waals surface area contributed by atoms with Crippen molar-refractivity contribution in [3.05, 3.63) is 89.7 Å². The lowest BCUT2D eigenvalue weighted by molar-refractivity contribution is 0.0955. The van der Waals surface area contributed by atoms with Gasteiger partial charge in [0, 0.05) is 23.6 Å². The lowest BCUT2D eigenvalue weighted by Crippen LogP contribution is -2.19. The van der Waals surface area contributed by atoms with Gasteiger partial charge >= 0.3 is 0 Å². The molecule has 0 unspecified atom stereocenters. The van der Waals surface area contributed by atoms with E-state index in [-0.39, 0.29) is 5.91 Å². The van der Waals surface area contributed by atoms with Gasteiger partial charge in [-0.3, -0.25) is 4.79 Å². The van der Waals surface area contributed by atoms with Gasteiger partial charge in [0.25, 0.3) is 5.91 Å². The highest BCUT2D eigenvalue weighted by Crippen LogP contribution is 2.10. The van der Waals surface area contributed by atoms with Crippen LogP contribution in [0.5, 0.6) is 0 Å². The molecule has 1 N–H and O–H groups in total. The quantitative estimate of drug-likeness (QED) is 0.575. The van der Waals surface area contributed by atoms with E-state index in [1.165, 1.54) is 5.56 Å². The van der Waals surface area contributed by atoms with E-state index in [0.717, 1.165) is 17.0 Å². The third kappa shape index (κ3) is 3.60. The van der Waals surface area contributed by atoms with Crippen LogP contribution in [0.4, 0.5) is 0 Å². The Kier molecular flexibility index (Phi) is 4.57. The first kappa shape index (κ1) is 15.7. The average molecular weight is 317 g/mol. The summed E-state index contributed by atoms with van der Waals surface area (Å²) in [6, 6.07) is 19.4. The fourth-order valence-corrected chi connectivity index (χ4v) is 2.35. The van der Waals surface area contributed by atoms with Crippen LogP contribution in [0.2, 0.25) is 0 Å². The molecule has 3 rings (SSSR count). The summed E-state index contributed by atoms with van der Waals surface area (Å²) < 4.78 is 1.99. The van der Waals surface area contributed by atoms with E-state index in [4.69, 9.17) is 0 Å². The van der Waals surface area contributed by atoms with Gasteiger partial charge in [-0.25, -0.2) is 5.43 Å². The Morgan fingerprint density at radius 2 is 1.50 bits per heavy atom. The standard InChI is InChI=1S/C20H19N3O/c1-15-5-7-17(8-6-15)16(2)21-22-20(24)18-9-11-19(12-10-18)23-13-3-4-14-23/h3-14H,1-2H3,(H,22,24)/b21-16+. The molecule has 2 aromatic carbocycles. The zero-order chi connectivity index (χ0) is 16.9. The van der Waals surface area contributed by atoms with Crippen LogP contribution in [0.1, 0.15) is 28.4 Å². The molecule has 0 aliphatic carbocycles. The van der Waals surface area contributed by atoms with Crippen molar-refractivity contribution >= 4 is 11.6 Å². The van der Waals surface area contributed by atoms with Crippen LogP contribution in [0.25, 0.3) is 5.69 Å². The number of nitrogens with zero attached hydrogens (tertiary/aromatic N) is 2. The van der Waals surface area contributed by atoms with E-state index in [0.29, 0.717) is 5.56 Å². The first-order valence-electron chi connectivity index (χ1n) is 7.78. The predicted octanol–water partition coefficient (Wildman–Crippen LogP) is 3.94. The molecule has 0 aliphatic rings. The van der Waals surface area contributed by atoms with Gasteiger partial charge in [-0.1, -0.05) is 29.8 Å². The van der Waals surface area contributed by atoms with Gasteiger partial charge in [0.2, 0.25) is 0 Å². The van der Waals surface area contributed by atoms with Crippen molar-refractivity contribution < 1.29 is 4.79 Å². The summed E-state index contributed by atoms with van der Waals surface area (Å²) in [6.07, 6.45) is 3.93. The number of amides is 1. The Balaban J connectivity index is 1.68. The van der Waals surface area contributed by atoms with Crippen LogP contribution in [0, 0.1) is 6.92 Å². The number of benzene rings is 2. The van der Waals surface area contributed by atoms with Crippen molar-refractivity contribution in [2.24, 2.45) is 5.10 Å². The van der Waals surface area contributed by atoms with Crippen molar-refractivity contribution in [3.63, 3.8) is 0 Å². The molecule has 24 heavy (non-hydrogen) atoms. The van der Waals surface area contributed by atoms with E-state index in [1.54, 1.807) is 12.1 Å². The minimum Gasteiger partial charge on any atom is -0.324 e. The van der Waals surface area contributed by atoms with Gasteiger partial charge in [0.05, 0.1) is 5.71 Å². The summed E-state index contributed by atoms with van der Waals surface area (Å²) in [5, 5.41) is 4.18. The van der Waals surface area contributed by atoms with Crippen molar-refractivity contribution in [3.8, 4) is 5.69 Å². The van der Waals surface area contributed by atoms with Crippen molar-refractivity contribution in [1.29, 1.82) is 0 Å². The minimum absolute atomic E-state index is 0.222. The first-order chi connectivity index (χ1) is 11.6. The number of hydrogen-bond donors (Lipinski definition) is 1. The molecule has 120 valence electrons. The van der Waals surface area contributed by atoms with Gasteiger partial charge in [-0.05, 0) is 55.8 Å². The monoisotopic (exact) mass is 317 g/mol. The number of rotatable bonds is 4. The maximum Gasteiger partial charge on any atom is 0.271 e. The number of nitrogens with one attached hydrogen (secondary N) is 1. The Bertz CT molecular complexity index is 845. The summed E-state index contributed by atoms with van der Waals surface area (Å²) in [7, 11) is 0. The summed E-state index contributed by atoms with van der Waals surface area (Å²) in [5.74, 6) is -0.222. The normalized spacial score (nSPS) is 11.3. The van der Waals surface area contributed by atoms with Crippen LogP contribution in [-0.2, 0) is 0 Å². The predicted molar refractivity (Wildman–Crippen MR) is 96.6 cm³/mol. The third-order valence-corrected chi connectivity index (χ3v) is 3.83. The second-order valence-electron chi connectivity index (χ2n) is 5.64. The molecule has 0 spiro atoms. The van der Waals surface area contributed by atoms with Gasteiger partial charge in [0.1, 0.15) is 0 Å². The molecular weight excluding hydrogens is 298 g/mol. The van der Waals surface area contributed by atoms with E-state index in [1.807, 2.05) is 79.3 Å². The molecule has 0 fully saturated rings. The molecule has 0 aliphatic heterocycles. The molecule has 3 aromatic rings. The average Bonchev–Trinajstić information content (AvgIpc) is 3.15. The summed E-state index contributed by atoms with van der Waals surface area (Å²) >= 11 is 0. The lowest BCUT2D eigenvalue weighted by atomic mass is 10.1. The topological polar surface area (TPSA) is 46.4 Å². The maximum atomic E-state index is 12.2. The summed E-state index contributed by atoms with van der Waals surface area (Å²) in [5.41, 5.74) is 7.15. The molecule has 0 atom stereocenters. The Labute approximate surface area is 141 Å². The highest BCUT2D eigenvalue weighted by atomic mass is 16.2. The van der Waals surface area contributed by atoms with Gasteiger partial charge in [-0.15, -0.1) is 0 Å². The number of hydrazone groups is 1. The number of aromatic nitrogens is 1. The van der Waals surface area contributed by atoms with Crippen molar-refractivity contribution in [2.75, 3.05) is 0 Å². The highest BCUT2D eigenvalue weighted by Gasteiger charge is 2.05. The Morgan fingerprint density at radius 3 is 2.12 bits per heavy atom. The number of aryl methyl sites for hydroxylation is 1. The van der Waals surface area contributed by atoms with Crippen LogP contribution in [-0.4, -0.2) is 16.2 Å². The first-order valence-corrected chi connectivity index (χ1v) is 7.78. The van der Waals surface area contributed by atoms with Crippen molar-refractivity contribution in [1.82, 2.24) is 9.99 Å². The molecule has 1 aromatic heterocycles. The molecule has 0 saturated heterocycles. The zero-order valence-electron chi connectivity index (χ0n) is 13.7. The van der Waals surface area contributed by atoms with Crippen LogP contribution in [0.15, 0.2) is 78.2 Å². The van der Waals surface area contributed by atoms with Gasteiger partial charge < -0.3 is 4.57 Å². The fourth-order valence-electron chi connectivity index (χ4n) is 2.35. The summed E-state index contributed by atoms with van der Waals surface area (Å²) in [6.45, 7) is 3.91. The number of carbonyl (C=O) groups is 1. The van der Waals surface area contributed by atoms with E-state index >= 15 is 0 Å².